The molecule has 2 N–H and O–H groups in total. The van der Waals surface area contributed by atoms with Crippen LogP contribution < -0.4 is 5.73 Å². The summed E-state index contributed by atoms with van der Waals surface area (Å²) < 4.78 is 5.02. The highest BCUT2D eigenvalue weighted by Gasteiger charge is 2.22. The second-order valence-corrected chi connectivity index (χ2v) is 5.26. The summed E-state index contributed by atoms with van der Waals surface area (Å²) in [4.78, 5) is 13.1. The van der Waals surface area contributed by atoms with Crippen LogP contribution >= 0.6 is 23.5 Å². The predicted molar refractivity (Wildman–Crippen MR) is 60.5 cm³/mol. The lowest BCUT2D eigenvalue weighted by Crippen LogP contribution is -2.18. The van der Waals surface area contributed by atoms with Crippen LogP contribution in [-0.2, 0) is 9.53 Å². The SMILES string of the molecule is CCOC(=O)CSC1SC(N)=CN1C. The molecule has 0 bridgehead atoms. The van der Waals surface area contributed by atoms with Crippen LogP contribution in [0.2, 0.25) is 0 Å². The van der Waals surface area contributed by atoms with E-state index in [1.54, 1.807) is 18.7 Å². The molecule has 0 aliphatic carbocycles. The maximum Gasteiger partial charge on any atom is 0.315 e. The van der Waals surface area contributed by atoms with Gasteiger partial charge in [0, 0.05) is 13.2 Å². The fourth-order valence-electron chi connectivity index (χ4n) is 0.985. The molecular weight excluding hydrogens is 220 g/mol. The third-order valence-electron chi connectivity index (χ3n) is 1.55. The lowest BCUT2D eigenvalue weighted by atomic mass is 10.8. The lowest BCUT2D eigenvalue weighted by molar-refractivity contribution is -0.139. The number of hydrogen-bond donors (Lipinski definition) is 1. The molecule has 80 valence electrons. The van der Waals surface area contributed by atoms with Gasteiger partial charge in [0.05, 0.1) is 17.4 Å². The first kappa shape index (κ1) is 11.6. The van der Waals surface area contributed by atoms with Crippen LogP contribution in [0.3, 0.4) is 0 Å². The van der Waals surface area contributed by atoms with Gasteiger partial charge in [-0.05, 0) is 6.92 Å². The van der Waals surface area contributed by atoms with E-state index in [9.17, 15) is 4.79 Å². The molecule has 0 fully saturated rings. The second kappa shape index (κ2) is 5.41. The van der Waals surface area contributed by atoms with Crippen molar-refractivity contribution in [2.75, 3.05) is 19.4 Å². The molecule has 1 heterocycles. The molecule has 0 radical (unpaired) electrons. The molecule has 1 atom stereocenters. The van der Waals surface area contributed by atoms with Crippen LogP contribution in [0.4, 0.5) is 0 Å². The van der Waals surface area contributed by atoms with E-state index >= 15 is 0 Å². The predicted octanol–water partition coefficient (Wildman–Crippen LogP) is 1.00. The molecule has 1 unspecified atom stereocenters. The Bertz CT molecular complexity index is 245. The summed E-state index contributed by atoms with van der Waals surface area (Å²) in [5, 5.41) is 0.786. The summed E-state index contributed by atoms with van der Waals surface area (Å²) in [7, 11) is 1.94. The van der Waals surface area contributed by atoms with Crippen LogP contribution in [0.1, 0.15) is 6.92 Å². The molecule has 1 aliphatic rings. The number of carbonyl (C=O) groups is 1. The van der Waals surface area contributed by atoms with Gasteiger partial charge in [0.15, 0.2) is 0 Å². The van der Waals surface area contributed by atoms with Gasteiger partial charge in [0.1, 0.15) is 4.71 Å². The zero-order valence-corrected chi connectivity index (χ0v) is 9.86. The number of hydrogen-bond acceptors (Lipinski definition) is 6. The van der Waals surface area contributed by atoms with Crippen molar-refractivity contribution in [3.8, 4) is 0 Å². The van der Waals surface area contributed by atoms with Gasteiger partial charge in [0.25, 0.3) is 0 Å². The quantitative estimate of drug-likeness (QED) is 0.732. The number of esters is 1. The van der Waals surface area contributed by atoms with Crippen LogP contribution in [0, 0.1) is 0 Å². The third kappa shape index (κ3) is 3.34. The summed E-state index contributed by atoms with van der Waals surface area (Å²) >= 11 is 3.08. The molecule has 6 heteroatoms. The fourth-order valence-corrected chi connectivity index (χ4v) is 3.14. The third-order valence-corrected chi connectivity index (χ3v) is 4.18. The van der Waals surface area contributed by atoms with Gasteiger partial charge in [-0.3, -0.25) is 4.79 Å². The average molecular weight is 234 g/mol. The Morgan fingerprint density at radius 3 is 3.07 bits per heavy atom. The van der Waals surface area contributed by atoms with E-state index in [0.29, 0.717) is 12.4 Å². The minimum Gasteiger partial charge on any atom is -0.465 e. The van der Waals surface area contributed by atoms with Crippen LogP contribution in [0.15, 0.2) is 11.2 Å². The number of ether oxygens (including phenoxy) is 1. The fraction of sp³-hybridized carbons (Fsp3) is 0.625. The van der Waals surface area contributed by atoms with E-state index < -0.39 is 0 Å². The van der Waals surface area contributed by atoms with Gasteiger partial charge >= 0.3 is 5.97 Å². The topological polar surface area (TPSA) is 55.6 Å². The zero-order chi connectivity index (χ0) is 10.6. The number of rotatable bonds is 4. The van der Waals surface area contributed by atoms with Gasteiger partial charge in [-0.15, -0.1) is 11.8 Å². The van der Waals surface area contributed by atoms with Gasteiger partial charge in [-0.25, -0.2) is 0 Å². The van der Waals surface area contributed by atoms with Crippen LogP contribution in [0.25, 0.3) is 0 Å². The van der Waals surface area contributed by atoms with Gasteiger partial charge in [0.2, 0.25) is 0 Å². The van der Waals surface area contributed by atoms with E-state index in [-0.39, 0.29) is 10.7 Å². The Morgan fingerprint density at radius 2 is 2.57 bits per heavy atom. The summed E-state index contributed by atoms with van der Waals surface area (Å²) in [5.41, 5.74) is 5.63. The number of carbonyl (C=O) groups excluding carboxylic acids is 1. The molecule has 0 saturated carbocycles. The van der Waals surface area contributed by atoms with Gasteiger partial charge in [-0.2, -0.15) is 0 Å². The molecule has 0 amide bonds. The largest absolute Gasteiger partial charge is 0.465 e. The zero-order valence-electron chi connectivity index (χ0n) is 8.23. The van der Waals surface area contributed by atoms with Crippen molar-refractivity contribution >= 4 is 29.5 Å². The van der Waals surface area contributed by atoms with Crippen LogP contribution in [-0.4, -0.2) is 35.0 Å². The van der Waals surface area contributed by atoms with Crippen molar-refractivity contribution in [3.63, 3.8) is 0 Å². The van der Waals surface area contributed by atoms with Crippen molar-refractivity contribution in [2.45, 2.75) is 11.6 Å². The molecule has 4 nitrogen and oxygen atoms in total. The average Bonchev–Trinajstić information content (AvgIpc) is 2.42. The first-order valence-electron chi connectivity index (χ1n) is 4.26. The number of nitrogens with zero attached hydrogens (tertiary/aromatic N) is 1. The Labute approximate surface area is 92.2 Å². The summed E-state index contributed by atoms with van der Waals surface area (Å²) in [6.45, 7) is 2.24. The number of thioether (sulfide) groups is 2. The number of nitrogens with two attached hydrogens (primary N) is 1. The first-order chi connectivity index (χ1) is 6.63. The maximum absolute atomic E-state index is 11.1. The summed E-state index contributed by atoms with van der Waals surface area (Å²) in [5.74, 6) is 0.203. The molecule has 1 rings (SSSR count). The Kier molecular flexibility index (Phi) is 4.47. The lowest BCUT2D eigenvalue weighted by Gasteiger charge is -2.17. The molecule has 0 aromatic carbocycles. The van der Waals surface area contributed by atoms with Crippen molar-refractivity contribution < 1.29 is 9.53 Å². The van der Waals surface area contributed by atoms with E-state index in [1.165, 1.54) is 11.8 Å². The van der Waals surface area contributed by atoms with E-state index in [2.05, 4.69) is 0 Å². The second-order valence-electron chi connectivity index (χ2n) is 2.74. The molecule has 14 heavy (non-hydrogen) atoms. The molecule has 1 aliphatic heterocycles. The summed E-state index contributed by atoms with van der Waals surface area (Å²) in [6.07, 6.45) is 1.87. The normalized spacial score (nSPS) is 20.9. The monoisotopic (exact) mass is 234 g/mol. The Balaban J connectivity index is 2.23. The highest BCUT2D eigenvalue weighted by molar-refractivity contribution is 8.19. The van der Waals surface area contributed by atoms with Gasteiger partial charge in [-0.1, -0.05) is 11.8 Å². The molecule has 0 aromatic heterocycles. The Morgan fingerprint density at radius 1 is 1.86 bits per heavy atom. The first-order valence-corrected chi connectivity index (χ1v) is 6.19. The molecule has 0 spiro atoms. The van der Waals surface area contributed by atoms with Crippen molar-refractivity contribution in [1.29, 1.82) is 0 Å². The van der Waals surface area contributed by atoms with Crippen LogP contribution in [0.5, 0.6) is 0 Å². The molecular formula is C8H14N2O2S2. The van der Waals surface area contributed by atoms with E-state index in [1.807, 2.05) is 18.1 Å². The minimum atomic E-state index is -0.169. The standard InChI is InChI=1S/C8H14N2O2S2/c1-3-12-7(11)5-13-8-10(2)4-6(9)14-8/h4,8H,3,5,9H2,1-2H3. The minimum absolute atomic E-state index is 0.169. The van der Waals surface area contributed by atoms with Crippen molar-refractivity contribution in [2.24, 2.45) is 5.73 Å². The van der Waals surface area contributed by atoms with E-state index in [0.717, 1.165) is 5.03 Å². The maximum atomic E-state index is 11.1. The Hall–Kier alpha value is -0.490. The summed E-state index contributed by atoms with van der Waals surface area (Å²) in [6, 6.07) is 0. The van der Waals surface area contributed by atoms with Crippen molar-refractivity contribution in [1.82, 2.24) is 4.90 Å². The smallest absolute Gasteiger partial charge is 0.315 e. The van der Waals surface area contributed by atoms with E-state index in [4.69, 9.17) is 10.5 Å². The van der Waals surface area contributed by atoms with Crippen molar-refractivity contribution in [3.05, 3.63) is 11.2 Å². The molecule has 0 saturated heterocycles. The highest BCUT2D eigenvalue weighted by Crippen LogP contribution is 2.35. The van der Waals surface area contributed by atoms with Gasteiger partial charge < -0.3 is 15.4 Å². The highest BCUT2D eigenvalue weighted by atomic mass is 32.2. The molecule has 0 aromatic rings.